The van der Waals surface area contributed by atoms with Crippen LogP contribution in [0.5, 0.6) is 0 Å². The number of carboxylic acids is 2. The van der Waals surface area contributed by atoms with Crippen LogP contribution in [0.25, 0.3) is 11.3 Å². The number of benzene rings is 1. The Balaban J connectivity index is 0.000000493. The average molecular weight is 536 g/mol. The minimum atomic E-state index is -4.10. The van der Waals surface area contributed by atoms with Gasteiger partial charge in [-0.2, -0.15) is 0 Å². The van der Waals surface area contributed by atoms with E-state index < -0.39 is 33.0 Å². The molecule has 1 atom stereocenters. The van der Waals surface area contributed by atoms with Gasteiger partial charge in [0.1, 0.15) is 16.2 Å². The standard InChI is InChI=1S/C20H19ClFN3O2S.C4H4O4/c1-3-19(14-7-6-10-24-13-14)28(26,27)25-18(11-15(12-23-2)20(25)21)16-8-4-5-9-17(16)22;5-3(6)1-2-4(7)8/h3-11,13,19,23H,1,12H2,2H3;1-2H,(H,5,6)(H,7,8)/b;2-1+. The van der Waals surface area contributed by atoms with Crippen molar-refractivity contribution in [1.82, 2.24) is 14.3 Å². The Labute approximate surface area is 212 Å². The molecule has 2 heterocycles. The fourth-order valence-electron chi connectivity index (χ4n) is 3.17. The van der Waals surface area contributed by atoms with Crippen LogP contribution >= 0.6 is 11.6 Å². The molecule has 0 bridgehead atoms. The van der Waals surface area contributed by atoms with E-state index in [1.807, 2.05) is 0 Å². The van der Waals surface area contributed by atoms with Gasteiger partial charge in [-0.1, -0.05) is 35.9 Å². The van der Waals surface area contributed by atoms with Gasteiger partial charge in [0.05, 0.1) is 5.69 Å². The van der Waals surface area contributed by atoms with Crippen molar-refractivity contribution in [2.45, 2.75) is 11.8 Å². The molecule has 0 saturated carbocycles. The minimum Gasteiger partial charge on any atom is -0.478 e. The number of nitrogens with one attached hydrogen (secondary N) is 1. The molecule has 3 N–H and O–H groups in total. The number of rotatable bonds is 9. The Morgan fingerprint density at radius 1 is 1.19 bits per heavy atom. The first-order chi connectivity index (χ1) is 17.0. The molecule has 36 heavy (non-hydrogen) atoms. The lowest BCUT2D eigenvalue weighted by atomic mass is 10.1. The van der Waals surface area contributed by atoms with Gasteiger partial charge in [0.2, 0.25) is 0 Å². The minimum absolute atomic E-state index is 0.00310. The smallest absolute Gasteiger partial charge is 0.328 e. The second-order valence-electron chi connectivity index (χ2n) is 7.12. The molecule has 12 heteroatoms. The lowest BCUT2D eigenvalue weighted by Crippen LogP contribution is -2.21. The molecule has 0 amide bonds. The van der Waals surface area contributed by atoms with Gasteiger partial charge in [-0.05, 0) is 36.9 Å². The molecule has 0 fully saturated rings. The van der Waals surface area contributed by atoms with E-state index in [4.69, 9.17) is 21.8 Å². The van der Waals surface area contributed by atoms with E-state index in [9.17, 15) is 22.4 Å². The van der Waals surface area contributed by atoms with Gasteiger partial charge in [-0.3, -0.25) is 4.98 Å². The highest BCUT2D eigenvalue weighted by molar-refractivity contribution is 7.90. The van der Waals surface area contributed by atoms with E-state index in [1.54, 1.807) is 43.6 Å². The van der Waals surface area contributed by atoms with Gasteiger partial charge in [0, 0.05) is 42.2 Å². The number of pyridine rings is 1. The highest BCUT2D eigenvalue weighted by Crippen LogP contribution is 2.37. The first kappa shape index (κ1) is 28.4. The van der Waals surface area contributed by atoms with Crippen LogP contribution in [0.15, 0.2) is 79.7 Å². The van der Waals surface area contributed by atoms with Crippen molar-refractivity contribution in [3.05, 3.63) is 102 Å². The number of halogens is 2. The molecule has 0 radical (unpaired) electrons. The molecule has 1 unspecified atom stereocenters. The van der Waals surface area contributed by atoms with E-state index in [0.29, 0.717) is 29.8 Å². The van der Waals surface area contributed by atoms with E-state index in [0.717, 1.165) is 3.97 Å². The summed E-state index contributed by atoms with van der Waals surface area (Å²) >= 11 is 6.45. The lowest BCUT2D eigenvalue weighted by molar-refractivity contribution is -0.134. The molecular formula is C24H23ClFN3O6S. The highest BCUT2D eigenvalue weighted by atomic mass is 35.5. The van der Waals surface area contributed by atoms with Crippen LogP contribution in [-0.4, -0.2) is 46.6 Å². The fraction of sp³-hybridized carbons (Fsp3) is 0.125. The summed E-state index contributed by atoms with van der Waals surface area (Å²) in [5, 5.41) is 17.5. The average Bonchev–Trinajstić information content (AvgIpc) is 3.16. The Morgan fingerprint density at radius 2 is 1.83 bits per heavy atom. The summed E-state index contributed by atoms with van der Waals surface area (Å²) in [4.78, 5) is 23.1. The highest BCUT2D eigenvalue weighted by Gasteiger charge is 2.32. The number of hydrogen-bond acceptors (Lipinski definition) is 6. The van der Waals surface area contributed by atoms with Gasteiger partial charge in [0.15, 0.2) is 0 Å². The summed E-state index contributed by atoms with van der Waals surface area (Å²) in [6.07, 6.45) is 5.43. The number of carbonyl (C=O) groups is 2. The van der Waals surface area contributed by atoms with Crippen molar-refractivity contribution in [1.29, 1.82) is 0 Å². The molecule has 2 aromatic heterocycles. The summed E-state index contributed by atoms with van der Waals surface area (Å²) in [6, 6.07) is 10.8. The zero-order chi connectivity index (χ0) is 26.9. The van der Waals surface area contributed by atoms with Crippen LogP contribution < -0.4 is 5.32 Å². The van der Waals surface area contributed by atoms with Crippen molar-refractivity contribution < 1.29 is 32.6 Å². The number of aromatic nitrogens is 2. The lowest BCUT2D eigenvalue weighted by Gasteiger charge is -2.18. The molecule has 3 rings (SSSR count). The van der Waals surface area contributed by atoms with Crippen LogP contribution in [0.1, 0.15) is 16.4 Å². The summed E-state index contributed by atoms with van der Waals surface area (Å²) in [5.74, 6) is -3.06. The van der Waals surface area contributed by atoms with Crippen molar-refractivity contribution in [3.63, 3.8) is 0 Å². The summed E-state index contributed by atoms with van der Waals surface area (Å²) in [6.45, 7) is 4.00. The number of carboxylic acid groups (broad SMARTS) is 2. The summed E-state index contributed by atoms with van der Waals surface area (Å²) < 4.78 is 42.6. The quantitative estimate of drug-likeness (QED) is 0.277. The molecule has 0 saturated heterocycles. The molecule has 0 aliphatic carbocycles. The first-order valence-corrected chi connectivity index (χ1v) is 12.1. The monoisotopic (exact) mass is 535 g/mol. The van der Waals surface area contributed by atoms with Crippen LogP contribution in [0, 0.1) is 5.82 Å². The van der Waals surface area contributed by atoms with Gasteiger partial charge in [0.25, 0.3) is 10.0 Å². The molecular weight excluding hydrogens is 513 g/mol. The maximum atomic E-state index is 14.5. The van der Waals surface area contributed by atoms with Crippen molar-refractivity contribution >= 4 is 33.6 Å². The second kappa shape index (κ2) is 12.8. The topological polar surface area (TPSA) is 139 Å². The molecule has 3 aromatic rings. The van der Waals surface area contributed by atoms with Gasteiger partial charge in [-0.25, -0.2) is 26.4 Å². The maximum Gasteiger partial charge on any atom is 0.328 e. The summed E-state index contributed by atoms with van der Waals surface area (Å²) in [5.41, 5.74) is 1.28. The fourth-order valence-corrected chi connectivity index (χ4v) is 5.39. The van der Waals surface area contributed by atoms with E-state index in [2.05, 4.69) is 16.9 Å². The second-order valence-corrected chi connectivity index (χ2v) is 9.38. The normalized spacial score (nSPS) is 12.0. The predicted octanol–water partition coefficient (Wildman–Crippen LogP) is 3.88. The summed E-state index contributed by atoms with van der Waals surface area (Å²) in [7, 11) is -2.38. The van der Waals surface area contributed by atoms with E-state index in [-0.39, 0.29) is 16.4 Å². The molecule has 1 aromatic carbocycles. The Kier molecular flexibility index (Phi) is 10.1. The molecule has 0 spiro atoms. The van der Waals surface area contributed by atoms with Crippen LogP contribution in [-0.2, 0) is 26.2 Å². The number of aliphatic carboxylic acids is 2. The SMILES string of the molecule is C=CC(c1cccnc1)S(=O)(=O)n1c(-c2ccccc2F)cc(CNC)c1Cl.O=C(O)/C=C/C(=O)O. The number of hydrogen-bond donors (Lipinski definition) is 3. The van der Waals surface area contributed by atoms with E-state index in [1.165, 1.54) is 24.4 Å². The molecule has 9 nitrogen and oxygen atoms in total. The zero-order valence-corrected chi connectivity index (χ0v) is 20.6. The molecule has 190 valence electrons. The first-order valence-electron chi connectivity index (χ1n) is 10.2. The third kappa shape index (κ3) is 6.87. The predicted molar refractivity (Wildman–Crippen MR) is 134 cm³/mol. The Hall–Kier alpha value is -3.80. The van der Waals surface area contributed by atoms with Gasteiger partial charge >= 0.3 is 11.9 Å². The third-order valence-electron chi connectivity index (χ3n) is 4.66. The van der Waals surface area contributed by atoms with Gasteiger partial charge < -0.3 is 15.5 Å². The van der Waals surface area contributed by atoms with Crippen molar-refractivity contribution in [2.24, 2.45) is 0 Å². The van der Waals surface area contributed by atoms with Gasteiger partial charge in [-0.15, -0.1) is 6.58 Å². The molecule has 0 aliphatic heterocycles. The Morgan fingerprint density at radius 3 is 2.33 bits per heavy atom. The maximum absolute atomic E-state index is 14.5. The van der Waals surface area contributed by atoms with E-state index >= 15 is 0 Å². The Bertz CT molecular complexity index is 1360. The number of nitrogens with zero attached hydrogens (tertiary/aromatic N) is 2. The van der Waals surface area contributed by atoms with Crippen molar-refractivity contribution in [2.75, 3.05) is 7.05 Å². The van der Waals surface area contributed by atoms with Crippen LogP contribution in [0.3, 0.4) is 0 Å². The largest absolute Gasteiger partial charge is 0.478 e. The van der Waals surface area contributed by atoms with Crippen LogP contribution in [0.4, 0.5) is 4.39 Å². The zero-order valence-electron chi connectivity index (χ0n) is 19.0. The third-order valence-corrected chi connectivity index (χ3v) is 7.17. The molecule has 0 aliphatic rings. The van der Waals surface area contributed by atoms with Crippen molar-refractivity contribution in [3.8, 4) is 11.3 Å². The van der Waals surface area contributed by atoms with Crippen LogP contribution in [0.2, 0.25) is 5.15 Å².